The van der Waals surface area contributed by atoms with Crippen molar-refractivity contribution < 1.29 is 9.84 Å². The van der Waals surface area contributed by atoms with Crippen molar-refractivity contribution in [2.75, 3.05) is 13.2 Å². The molecular formula is C23H21N3O2. The minimum Gasteiger partial charge on any atom is -0.490 e. The van der Waals surface area contributed by atoms with Gasteiger partial charge in [0.05, 0.1) is 30.9 Å². The summed E-state index contributed by atoms with van der Waals surface area (Å²) < 4.78 is 7.91. The van der Waals surface area contributed by atoms with Gasteiger partial charge >= 0.3 is 0 Å². The fraction of sp³-hybridized carbons (Fsp3) is 0.130. The molecule has 0 saturated carbocycles. The highest BCUT2D eigenvalue weighted by Crippen LogP contribution is 2.37. The van der Waals surface area contributed by atoms with Crippen molar-refractivity contribution in [1.82, 2.24) is 14.5 Å². The first-order valence-electron chi connectivity index (χ1n) is 9.19. The standard InChI is InChI=1S/C23H21N3O2/c27-13-14-28-21-11-5-4-10-20(21)23-22(19-8-2-1-3-9-19)25-17-26(23)16-18-7-6-12-24-15-18/h1-12,15,17,27H,13-14,16H2. The minimum atomic E-state index is -0.0329. The smallest absolute Gasteiger partial charge is 0.128 e. The highest BCUT2D eigenvalue weighted by Gasteiger charge is 2.18. The average Bonchev–Trinajstić information content (AvgIpc) is 3.17. The fourth-order valence-corrected chi connectivity index (χ4v) is 3.22. The maximum Gasteiger partial charge on any atom is 0.128 e. The summed E-state index contributed by atoms with van der Waals surface area (Å²) in [5.74, 6) is 0.724. The highest BCUT2D eigenvalue weighted by molar-refractivity contribution is 5.81. The Labute approximate surface area is 163 Å². The molecule has 0 bridgehead atoms. The van der Waals surface area contributed by atoms with Crippen molar-refractivity contribution in [3.8, 4) is 28.3 Å². The molecule has 4 rings (SSSR count). The van der Waals surface area contributed by atoms with Crippen LogP contribution in [0, 0.1) is 0 Å². The van der Waals surface area contributed by atoms with Gasteiger partial charge in [-0.25, -0.2) is 4.98 Å². The van der Waals surface area contributed by atoms with Gasteiger partial charge in [-0.05, 0) is 23.8 Å². The molecule has 5 heteroatoms. The third kappa shape index (κ3) is 3.80. The molecule has 2 heterocycles. The van der Waals surface area contributed by atoms with Crippen LogP contribution in [0.3, 0.4) is 0 Å². The summed E-state index contributed by atoms with van der Waals surface area (Å²) in [5.41, 5.74) is 4.94. The Morgan fingerprint density at radius 2 is 1.75 bits per heavy atom. The first kappa shape index (κ1) is 17.9. The lowest BCUT2D eigenvalue weighted by molar-refractivity contribution is 0.202. The minimum absolute atomic E-state index is 0.0329. The zero-order valence-corrected chi connectivity index (χ0v) is 15.4. The maximum absolute atomic E-state index is 9.18. The second-order valence-corrected chi connectivity index (χ2v) is 6.37. The third-order valence-electron chi connectivity index (χ3n) is 4.45. The molecule has 140 valence electrons. The Morgan fingerprint density at radius 1 is 0.929 bits per heavy atom. The molecule has 0 saturated heterocycles. The Morgan fingerprint density at radius 3 is 2.54 bits per heavy atom. The van der Waals surface area contributed by atoms with E-state index in [0.29, 0.717) is 6.54 Å². The number of imidazole rings is 1. The Balaban J connectivity index is 1.85. The largest absolute Gasteiger partial charge is 0.490 e. The van der Waals surface area contributed by atoms with Gasteiger partial charge in [0.15, 0.2) is 0 Å². The SMILES string of the molecule is OCCOc1ccccc1-c1c(-c2ccccc2)ncn1Cc1cccnc1. The lowest BCUT2D eigenvalue weighted by Gasteiger charge is -2.15. The quantitative estimate of drug-likeness (QED) is 0.533. The summed E-state index contributed by atoms with van der Waals surface area (Å²) in [6.45, 7) is 0.862. The van der Waals surface area contributed by atoms with Gasteiger partial charge < -0.3 is 14.4 Å². The highest BCUT2D eigenvalue weighted by atomic mass is 16.5. The molecule has 2 aromatic heterocycles. The summed E-state index contributed by atoms with van der Waals surface area (Å²) in [7, 11) is 0. The average molecular weight is 371 g/mol. The second kappa shape index (κ2) is 8.50. The van der Waals surface area contributed by atoms with E-state index in [4.69, 9.17) is 9.72 Å². The van der Waals surface area contributed by atoms with Crippen molar-refractivity contribution in [2.24, 2.45) is 0 Å². The maximum atomic E-state index is 9.18. The van der Waals surface area contributed by atoms with Crippen molar-refractivity contribution in [1.29, 1.82) is 0 Å². The lowest BCUT2D eigenvalue weighted by Crippen LogP contribution is -2.05. The molecule has 28 heavy (non-hydrogen) atoms. The molecule has 0 spiro atoms. The molecule has 5 nitrogen and oxygen atoms in total. The van der Waals surface area contributed by atoms with Crippen molar-refractivity contribution >= 4 is 0 Å². The monoisotopic (exact) mass is 371 g/mol. The van der Waals surface area contributed by atoms with Crippen molar-refractivity contribution in [3.05, 3.63) is 91.0 Å². The van der Waals surface area contributed by atoms with Crippen LogP contribution in [0.1, 0.15) is 5.56 Å². The Hall–Kier alpha value is -3.44. The van der Waals surface area contributed by atoms with E-state index in [1.54, 1.807) is 6.20 Å². The number of aliphatic hydroxyl groups excluding tert-OH is 1. The molecule has 0 radical (unpaired) electrons. The Kier molecular flexibility index (Phi) is 5.45. The van der Waals surface area contributed by atoms with Crippen LogP contribution < -0.4 is 4.74 Å². The Bertz CT molecular complexity index is 1030. The number of hydrogen-bond donors (Lipinski definition) is 1. The van der Waals surface area contributed by atoms with Gasteiger partial charge in [-0.3, -0.25) is 4.98 Å². The van der Waals surface area contributed by atoms with E-state index in [1.807, 2.05) is 67.1 Å². The molecule has 0 fully saturated rings. The van der Waals surface area contributed by atoms with Crippen LogP contribution in [0.2, 0.25) is 0 Å². The van der Waals surface area contributed by atoms with Gasteiger partial charge in [0.1, 0.15) is 12.4 Å². The predicted octanol–water partition coefficient (Wildman–Crippen LogP) is 4.03. The molecule has 0 aliphatic carbocycles. The molecule has 0 unspecified atom stereocenters. The van der Waals surface area contributed by atoms with E-state index in [1.165, 1.54) is 0 Å². The number of aliphatic hydroxyl groups is 1. The summed E-state index contributed by atoms with van der Waals surface area (Å²) in [6, 6.07) is 22.0. The predicted molar refractivity (Wildman–Crippen MR) is 109 cm³/mol. The van der Waals surface area contributed by atoms with Gasteiger partial charge in [0.2, 0.25) is 0 Å². The van der Waals surface area contributed by atoms with E-state index in [-0.39, 0.29) is 13.2 Å². The molecule has 4 aromatic rings. The number of aromatic nitrogens is 3. The molecule has 1 N–H and O–H groups in total. The van der Waals surface area contributed by atoms with Gasteiger partial charge in [0, 0.05) is 23.5 Å². The van der Waals surface area contributed by atoms with Crippen LogP contribution in [0.5, 0.6) is 5.75 Å². The van der Waals surface area contributed by atoms with Crippen LogP contribution in [0.4, 0.5) is 0 Å². The molecule has 0 aliphatic heterocycles. The van der Waals surface area contributed by atoms with Crippen LogP contribution in [0.15, 0.2) is 85.5 Å². The molecule has 0 atom stereocenters. The molecule has 0 amide bonds. The van der Waals surface area contributed by atoms with Gasteiger partial charge in [-0.15, -0.1) is 0 Å². The lowest BCUT2D eigenvalue weighted by atomic mass is 10.0. The number of para-hydroxylation sites is 1. The first-order chi connectivity index (χ1) is 13.9. The number of pyridine rings is 1. The zero-order valence-electron chi connectivity index (χ0n) is 15.4. The first-order valence-corrected chi connectivity index (χ1v) is 9.19. The number of nitrogens with zero attached hydrogens (tertiary/aromatic N) is 3. The summed E-state index contributed by atoms with van der Waals surface area (Å²) in [6.07, 6.45) is 5.49. The number of hydrogen-bond acceptors (Lipinski definition) is 4. The number of ether oxygens (including phenoxy) is 1. The van der Waals surface area contributed by atoms with Gasteiger partial charge in [-0.2, -0.15) is 0 Å². The van der Waals surface area contributed by atoms with Crippen LogP contribution in [-0.4, -0.2) is 32.9 Å². The number of benzene rings is 2. The van der Waals surface area contributed by atoms with E-state index in [0.717, 1.165) is 33.8 Å². The van der Waals surface area contributed by atoms with E-state index in [9.17, 15) is 5.11 Å². The van der Waals surface area contributed by atoms with Crippen molar-refractivity contribution in [2.45, 2.75) is 6.54 Å². The summed E-state index contributed by atoms with van der Waals surface area (Å²) in [4.78, 5) is 8.94. The van der Waals surface area contributed by atoms with Gasteiger partial charge in [0.25, 0.3) is 0 Å². The van der Waals surface area contributed by atoms with Crippen LogP contribution in [0.25, 0.3) is 22.5 Å². The fourth-order valence-electron chi connectivity index (χ4n) is 3.22. The van der Waals surface area contributed by atoms with E-state index in [2.05, 4.69) is 21.7 Å². The molecule has 0 aliphatic rings. The third-order valence-corrected chi connectivity index (χ3v) is 4.45. The second-order valence-electron chi connectivity index (χ2n) is 6.37. The molecule has 2 aromatic carbocycles. The molecular weight excluding hydrogens is 350 g/mol. The number of rotatable bonds is 7. The summed E-state index contributed by atoms with van der Waals surface area (Å²) >= 11 is 0. The van der Waals surface area contributed by atoms with Crippen LogP contribution >= 0.6 is 0 Å². The van der Waals surface area contributed by atoms with Crippen molar-refractivity contribution in [3.63, 3.8) is 0 Å². The van der Waals surface area contributed by atoms with Gasteiger partial charge in [-0.1, -0.05) is 48.5 Å². The zero-order chi connectivity index (χ0) is 19.2. The normalized spacial score (nSPS) is 10.8. The van der Waals surface area contributed by atoms with E-state index >= 15 is 0 Å². The summed E-state index contributed by atoms with van der Waals surface area (Å²) in [5, 5.41) is 9.18. The van der Waals surface area contributed by atoms with E-state index < -0.39 is 0 Å². The van der Waals surface area contributed by atoms with Crippen LogP contribution in [-0.2, 0) is 6.54 Å². The topological polar surface area (TPSA) is 60.2 Å².